The Labute approximate surface area is 180 Å². The number of ether oxygens (including phenoxy) is 1. The van der Waals surface area contributed by atoms with E-state index in [-0.39, 0.29) is 18.6 Å². The minimum atomic E-state index is -0.511. The molecule has 0 fully saturated rings. The van der Waals surface area contributed by atoms with E-state index in [1.807, 2.05) is 0 Å². The minimum absolute atomic E-state index is 0.162. The van der Waals surface area contributed by atoms with E-state index in [2.05, 4.69) is 39.1 Å². The summed E-state index contributed by atoms with van der Waals surface area (Å²) in [6, 6.07) is 2.23. The van der Waals surface area contributed by atoms with Gasteiger partial charge in [0.25, 0.3) is 11.8 Å². The fourth-order valence-corrected chi connectivity index (χ4v) is 4.20. The van der Waals surface area contributed by atoms with Crippen molar-refractivity contribution in [2.75, 3.05) is 0 Å². The van der Waals surface area contributed by atoms with E-state index in [0.717, 1.165) is 56.9 Å². The molecule has 0 unspecified atom stereocenters. The minimum Gasteiger partial charge on any atom is -0.461 e. The molecule has 30 heavy (non-hydrogen) atoms. The van der Waals surface area contributed by atoms with Crippen molar-refractivity contribution in [1.29, 1.82) is 0 Å². The van der Waals surface area contributed by atoms with Crippen LogP contribution in [0.3, 0.4) is 0 Å². The summed E-state index contributed by atoms with van der Waals surface area (Å²) in [5, 5.41) is 2.15. The van der Waals surface area contributed by atoms with Crippen molar-refractivity contribution < 1.29 is 19.1 Å². The van der Waals surface area contributed by atoms with Gasteiger partial charge in [-0.05, 0) is 53.5 Å². The molecule has 5 heteroatoms. The largest absolute Gasteiger partial charge is 0.461 e. The van der Waals surface area contributed by atoms with E-state index in [1.54, 1.807) is 0 Å². The molecule has 0 atom stereocenters. The van der Waals surface area contributed by atoms with Gasteiger partial charge in [-0.2, -0.15) is 0 Å². The average Bonchev–Trinajstić information content (AvgIpc) is 3.02. The molecule has 0 bridgehead atoms. The zero-order valence-electron chi connectivity index (χ0n) is 18.9. The molecule has 0 aliphatic carbocycles. The van der Waals surface area contributed by atoms with Gasteiger partial charge in [0.05, 0.1) is 6.42 Å². The highest BCUT2D eigenvalue weighted by molar-refractivity contribution is 6.17. The fourth-order valence-electron chi connectivity index (χ4n) is 4.20. The highest BCUT2D eigenvalue weighted by Crippen LogP contribution is 2.29. The van der Waals surface area contributed by atoms with E-state index >= 15 is 0 Å². The fraction of sp³-hybridized carbons (Fsp3) is 0.560. The molecule has 1 heterocycles. The lowest BCUT2D eigenvalue weighted by Gasteiger charge is -2.22. The number of imide groups is 1. The van der Waals surface area contributed by atoms with Gasteiger partial charge < -0.3 is 4.74 Å². The normalized spacial score (nSPS) is 13.4. The Kier molecular flexibility index (Phi) is 9.28. The number of nitrogens with one attached hydrogen (secondary N) is 1. The van der Waals surface area contributed by atoms with E-state index in [4.69, 9.17) is 4.74 Å². The highest BCUT2D eigenvalue weighted by Gasteiger charge is 2.24. The Morgan fingerprint density at radius 1 is 0.833 bits per heavy atom. The zero-order valence-corrected chi connectivity index (χ0v) is 18.9. The number of carbonyl (C=O) groups is 3. The summed E-state index contributed by atoms with van der Waals surface area (Å²) < 4.78 is 5.56. The monoisotopic (exact) mass is 413 g/mol. The van der Waals surface area contributed by atoms with Crippen LogP contribution in [0.4, 0.5) is 0 Å². The van der Waals surface area contributed by atoms with Crippen LogP contribution in [0.5, 0.6) is 0 Å². The molecule has 0 saturated heterocycles. The Bertz CT molecular complexity index is 823. The molecular weight excluding hydrogens is 378 g/mol. The first-order chi connectivity index (χ1) is 14.4. The summed E-state index contributed by atoms with van der Waals surface area (Å²) in [7, 11) is 0. The van der Waals surface area contributed by atoms with Crippen LogP contribution < -0.4 is 5.32 Å². The summed E-state index contributed by atoms with van der Waals surface area (Å²) in [5.74, 6) is -1.48. The predicted molar refractivity (Wildman–Crippen MR) is 118 cm³/mol. The highest BCUT2D eigenvalue weighted by atomic mass is 16.5. The van der Waals surface area contributed by atoms with Crippen molar-refractivity contribution in [2.45, 2.75) is 92.1 Å². The van der Waals surface area contributed by atoms with Gasteiger partial charge in [-0.3, -0.25) is 19.7 Å². The number of amides is 2. The molecule has 0 saturated carbocycles. The van der Waals surface area contributed by atoms with Gasteiger partial charge in [-0.25, -0.2) is 0 Å². The SMILES string of the molecule is CCCc1cc(COC(=O)CC2=CC(=O)NC2=O)c(CCC)c(CCC)c1CCC. The third-order valence-corrected chi connectivity index (χ3v) is 5.43. The van der Waals surface area contributed by atoms with Crippen molar-refractivity contribution in [2.24, 2.45) is 0 Å². The lowest BCUT2D eigenvalue weighted by Crippen LogP contribution is -2.23. The molecule has 1 N–H and O–H groups in total. The Balaban J connectivity index is 2.30. The van der Waals surface area contributed by atoms with Crippen LogP contribution in [-0.2, 0) is 51.4 Å². The van der Waals surface area contributed by atoms with Gasteiger partial charge in [0.2, 0.25) is 0 Å². The predicted octanol–water partition coefficient (Wildman–Crippen LogP) is 4.51. The molecule has 2 rings (SSSR count). The molecular formula is C25H35NO4. The lowest BCUT2D eigenvalue weighted by atomic mass is 9.84. The van der Waals surface area contributed by atoms with Gasteiger partial charge in [0, 0.05) is 11.6 Å². The molecule has 5 nitrogen and oxygen atoms in total. The number of hydrogen-bond donors (Lipinski definition) is 1. The molecule has 1 aromatic rings. The van der Waals surface area contributed by atoms with E-state index in [1.165, 1.54) is 28.3 Å². The van der Waals surface area contributed by atoms with Crippen molar-refractivity contribution in [1.82, 2.24) is 5.32 Å². The molecule has 0 spiro atoms. The topological polar surface area (TPSA) is 72.5 Å². The Hall–Kier alpha value is -2.43. The molecule has 1 aliphatic rings. The maximum absolute atomic E-state index is 12.3. The first-order valence-electron chi connectivity index (χ1n) is 11.3. The second-order valence-electron chi connectivity index (χ2n) is 7.96. The van der Waals surface area contributed by atoms with Crippen LogP contribution in [0.15, 0.2) is 17.7 Å². The van der Waals surface area contributed by atoms with E-state index in [9.17, 15) is 14.4 Å². The second-order valence-corrected chi connectivity index (χ2v) is 7.96. The number of esters is 1. The van der Waals surface area contributed by atoms with Crippen molar-refractivity contribution in [3.63, 3.8) is 0 Å². The van der Waals surface area contributed by atoms with E-state index in [0.29, 0.717) is 0 Å². The number of aryl methyl sites for hydroxylation is 1. The van der Waals surface area contributed by atoms with Crippen LogP contribution >= 0.6 is 0 Å². The summed E-state index contributed by atoms with van der Waals surface area (Å²) in [4.78, 5) is 35.3. The summed E-state index contributed by atoms with van der Waals surface area (Å²) in [6.07, 6.45) is 9.40. The number of hydrogen-bond acceptors (Lipinski definition) is 4. The van der Waals surface area contributed by atoms with Gasteiger partial charge in [0.15, 0.2) is 0 Å². The van der Waals surface area contributed by atoms with Crippen LogP contribution in [0.2, 0.25) is 0 Å². The van der Waals surface area contributed by atoms with E-state index < -0.39 is 17.8 Å². The molecule has 0 radical (unpaired) electrons. The molecule has 2 amide bonds. The molecule has 0 aromatic heterocycles. The third-order valence-electron chi connectivity index (χ3n) is 5.43. The van der Waals surface area contributed by atoms with Crippen LogP contribution in [0.1, 0.15) is 87.6 Å². The van der Waals surface area contributed by atoms with Crippen molar-refractivity contribution in [3.05, 3.63) is 45.5 Å². The van der Waals surface area contributed by atoms with Gasteiger partial charge in [-0.15, -0.1) is 0 Å². The first-order valence-corrected chi connectivity index (χ1v) is 11.3. The van der Waals surface area contributed by atoms with Crippen molar-refractivity contribution in [3.8, 4) is 0 Å². The molecule has 164 valence electrons. The number of benzene rings is 1. The molecule has 1 aliphatic heterocycles. The second kappa shape index (κ2) is 11.7. The van der Waals surface area contributed by atoms with Gasteiger partial charge in [0.1, 0.15) is 6.61 Å². The Morgan fingerprint density at radius 3 is 1.93 bits per heavy atom. The molecule has 1 aromatic carbocycles. The van der Waals surface area contributed by atoms with Crippen LogP contribution in [0, 0.1) is 0 Å². The van der Waals surface area contributed by atoms with Gasteiger partial charge >= 0.3 is 5.97 Å². The Morgan fingerprint density at radius 2 is 1.40 bits per heavy atom. The first kappa shape index (κ1) is 23.8. The summed E-state index contributed by atoms with van der Waals surface area (Å²) in [6.45, 7) is 9.00. The van der Waals surface area contributed by atoms with Crippen LogP contribution in [-0.4, -0.2) is 17.8 Å². The maximum Gasteiger partial charge on any atom is 0.310 e. The maximum atomic E-state index is 12.3. The number of rotatable bonds is 12. The summed E-state index contributed by atoms with van der Waals surface area (Å²) >= 11 is 0. The summed E-state index contributed by atoms with van der Waals surface area (Å²) in [5.41, 5.74) is 6.88. The van der Waals surface area contributed by atoms with Crippen molar-refractivity contribution >= 4 is 17.8 Å². The lowest BCUT2D eigenvalue weighted by molar-refractivity contribution is -0.144. The van der Waals surface area contributed by atoms with Gasteiger partial charge in [-0.1, -0.05) is 59.4 Å². The quantitative estimate of drug-likeness (QED) is 0.404. The number of carbonyl (C=O) groups excluding carboxylic acids is 3. The smallest absolute Gasteiger partial charge is 0.310 e. The third kappa shape index (κ3) is 6.04. The van der Waals surface area contributed by atoms with Crippen LogP contribution in [0.25, 0.3) is 0 Å². The average molecular weight is 414 g/mol. The standard InChI is InChI=1S/C25H35NO4/c1-5-9-17-13-19(16-30-24(28)15-18-14-23(27)26-25(18)29)21(11-7-3)22(12-8-4)20(17)10-6-2/h13-14H,5-12,15-16H2,1-4H3,(H,26,27,29). The zero-order chi connectivity index (χ0) is 22.1.